The van der Waals surface area contributed by atoms with Crippen molar-refractivity contribution in [2.45, 2.75) is 18.2 Å². The van der Waals surface area contributed by atoms with Gasteiger partial charge in [0.2, 0.25) is 0 Å². The first-order valence-corrected chi connectivity index (χ1v) is 5.42. The Labute approximate surface area is 106 Å². The highest BCUT2D eigenvalue weighted by Gasteiger charge is 2.40. The highest BCUT2D eigenvalue weighted by Crippen LogP contribution is 2.26. The first-order valence-electron chi connectivity index (χ1n) is 5.42. The number of aliphatic hydroxyl groups excluding tert-OH is 2. The van der Waals surface area contributed by atoms with Crippen molar-refractivity contribution < 1.29 is 24.5 Å². The number of ether oxygens (including phenoxy) is 1. The molecule has 2 rings (SSSR count). The maximum absolute atomic E-state index is 11.4. The monoisotopic (exact) mass is 271 g/mol. The van der Waals surface area contributed by atoms with E-state index in [1.54, 1.807) is 0 Å². The Balaban J connectivity index is 2.41. The van der Waals surface area contributed by atoms with Crippen molar-refractivity contribution in [2.75, 3.05) is 13.2 Å². The van der Waals surface area contributed by atoms with Crippen LogP contribution in [-0.2, 0) is 4.74 Å². The van der Waals surface area contributed by atoms with Gasteiger partial charge >= 0.3 is 0 Å². The van der Waals surface area contributed by atoms with Crippen LogP contribution in [-0.4, -0.2) is 62.4 Å². The fraction of sp³-hybridized carbons (Fsp3) is 0.556. The molecule has 0 radical (unpaired) electrons. The molecule has 2 amide bonds. The lowest BCUT2D eigenvalue weighted by molar-refractivity contribution is 0.00164. The van der Waals surface area contributed by atoms with Gasteiger partial charge in [0.15, 0.2) is 11.4 Å². The van der Waals surface area contributed by atoms with Gasteiger partial charge in [-0.05, 0) is 0 Å². The molecule has 3 atom stereocenters. The van der Waals surface area contributed by atoms with Gasteiger partial charge < -0.3 is 26.4 Å². The first-order chi connectivity index (χ1) is 8.97. The van der Waals surface area contributed by atoms with Crippen molar-refractivity contribution in [1.82, 2.24) is 15.0 Å². The zero-order chi connectivity index (χ0) is 14.2. The Bertz CT molecular complexity index is 515. The van der Waals surface area contributed by atoms with Crippen LogP contribution < -0.4 is 11.5 Å². The molecule has 1 saturated heterocycles. The van der Waals surface area contributed by atoms with Crippen molar-refractivity contribution in [2.24, 2.45) is 11.5 Å². The SMILES string of the molecule is NC(=O)c1nnn([C@H]2CO[C@@H](CO)[C@@H]2O)c1C(N)=O. The fourth-order valence-corrected chi connectivity index (χ4v) is 1.96. The lowest BCUT2D eigenvalue weighted by atomic mass is 10.1. The standard InChI is InChI=1S/C9H13N5O5/c10-8(17)5-6(9(11)18)14(13-12-5)3-2-19-4(1-15)7(3)16/h3-4,7,15-16H,1-2H2,(H2,10,17)(H2,11,18)/t3-,4-,7+/m0/s1. The Morgan fingerprint density at radius 2 is 2.11 bits per heavy atom. The number of nitrogens with zero attached hydrogens (tertiary/aromatic N) is 3. The number of carbonyl (C=O) groups excluding carboxylic acids is 2. The summed E-state index contributed by atoms with van der Waals surface area (Å²) in [6.07, 6.45) is -1.91. The summed E-state index contributed by atoms with van der Waals surface area (Å²) >= 11 is 0. The van der Waals surface area contributed by atoms with E-state index in [2.05, 4.69) is 10.3 Å². The zero-order valence-electron chi connectivity index (χ0n) is 9.76. The molecule has 6 N–H and O–H groups in total. The molecular formula is C9H13N5O5. The van der Waals surface area contributed by atoms with Crippen molar-refractivity contribution in [3.63, 3.8) is 0 Å². The maximum Gasteiger partial charge on any atom is 0.271 e. The molecule has 2 heterocycles. The summed E-state index contributed by atoms with van der Waals surface area (Å²) in [6, 6.07) is -0.778. The lowest BCUT2D eigenvalue weighted by Crippen LogP contribution is -2.33. The van der Waals surface area contributed by atoms with E-state index >= 15 is 0 Å². The maximum atomic E-state index is 11.4. The molecule has 0 spiro atoms. The number of rotatable bonds is 4. The number of hydrogen-bond acceptors (Lipinski definition) is 7. The molecular weight excluding hydrogens is 258 g/mol. The Kier molecular flexibility index (Phi) is 3.46. The van der Waals surface area contributed by atoms with Gasteiger partial charge in [-0.3, -0.25) is 9.59 Å². The van der Waals surface area contributed by atoms with Crippen LogP contribution in [0.2, 0.25) is 0 Å². The molecule has 1 aromatic heterocycles. The topological polar surface area (TPSA) is 167 Å². The van der Waals surface area contributed by atoms with Crippen LogP contribution in [0.5, 0.6) is 0 Å². The molecule has 1 aromatic rings. The lowest BCUT2D eigenvalue weighted by Gasteiger charge is -2.16. The molecule has 10 nitrogen and oxygen atoms in total. The second-order valence-corrected chi connectivity index (χ2v) is 4.07. The predicted octanol–water partition coefficient (Wildman–Crippen LogP) is -3.23. The van der Waals surface area contributed by atoms with E-state index in [1.165, 1.54) is 0 Å². The Hall–Kier alpha value is -2.04. The van der Waals surface area contributed by atoms with Crippen molar-refractivity contribution in [1.29, 1.82) is 0 Å². The number of aromatic nitrogens is 3. The molecule has 0 aromatic carbocycles. The van der Waals surface area contributed by atoms with Crippen molar-refractivity contribution in [3.8, 4) is 0 Å². The molecule has 1 fully saturated rings. The molecule has 1 aliphatic rings. The minimum absolute atomic E-state index is 0.00572. The van der Waals surface area contributed by atoms with Gasteiger partial charge in [0.05, 0.1) is 13.2 Å². The molecule has 0 aliphatic carbocycles. The zero-order valence-corrected chi connectivity index (χ0v) is 9.76. The molecule has 104 valence electrons. The number of aliphatic hydroxyl groups is 2. The Morgan fingerprint density at radius 3 is 2.58 bits per heavy atom. The van der Waals surface area contributed by atoms with E-state index in [1.807, 2.05) is 0 Å². The van der Waals surface area contributed by atoms with Gasteiger partial charge in [0.25, 0.3) is 11.8 Å². The van der Waals surface area contributed by atoms with Crippen LogP contribution in [0.3, 0.4) is 0 Å². The van der Waals surface area contributed by atoms with Crippen molar-refractivity contribution in [3.05, 3.63) is 11.4 Å². The molecule has 19 heavy (non-hydrogen) atoms. The molecule has 0 saturated carbocycles. The summed E-state index contributed by atoms with van der Waals surface area (Å²) < 4.78 is 6.13. The normalized spacial score (nSPS) is 26.5. The van der Waals surface area contributed by atoms with Crippen LogP contribution in [0.1, 0.15) is 27.0 Å². The van der Waals surface area contributed by atoms with Gasteiger partial charge in [0.1, 0.15) is 18.2 Å². The van der Waals surface area contributed by atoms with Gasteiger partial charge in [-0.15, -0.1) is 5.10 Å². The molecule has 0 bridgehead atoms. The smallest absolute Gasteiger partial charge is 0.271 e. The third kappa shape index (κ3) is 2.16. The number of primary amides is 2. The summed E-state index contributed by atoms with van der Waals surface area (Å²) in [6.45, 7) is -0.394. The first kappa shape index (κ1) is 13.4. The Morgan fingerprint density at radius 1 is 1.42 bits per heavy atom. The minimum atomic E-state index is -1.11. The number of hydrogen-bond donors (Lipinski definition) is 4. The quantitative estimate of drug-likeness (QED) is 0.446. The third-order valence-electron chi connectivity index (χ3n) is 2.91. The largest absolute Gasteiger partial charge is 0.394 e. The van der Waals surface area contributed by atoms with Crippen LogP contribution >= 0.6 is 0 Å². The summed E-state index contributed by atoms with van der Waals surface area (Å²) in [5.74, 6) is -1.90. The van der Waals surface area contributed by atoms with Crippen LogP contribution in [0, 0.1) is 0 Å². The second-order valence-electron chi connectivity index (χ2n) is 4.07. The number of nitrogens with two attached hydrogens (primary N) is 2. The van der Waals surface area contributed by atoms with Crippen molar-refractivity contribution >= 4 is 11.8 Å². The van der Waals surface area contributed by atoms with E-state index in [4.69, 9.17) is 21.3 Å². The fourth-order valence-electron chi connectivity index (χ4n) is 1.96. The van der Waals surface area contributed by atoms with E-state index in [0.717, 1.165) is 4.68 Å². The average molecular weight is 271 g/mol. The summed E-state index contributed by atoms with van der Waals surface area (Å²) in [5.41, 5.74) is 9.55. The van der Waals surface area contributed by atoms with E-state index in [-0.39, 0.29) is 24.6 Å². The van der Waals surface area contributed by atoms with E-state index in [9.17, 15) is 14.7 Å². The molecule has 10 heteroatoms. The number of amides is 2. The third-order valence-corrected chi connectivity index (χ3v) is 2.91. The highest BCUT2D eigenvalue weighted by atomic mass is 16.5. The van der Waals surface area contributed by atoms with Crippen LogP contribution in [0.25, 0.3) is 0 Å². The van der Waals surface area contributed by atoms with Gasteiger partial charge in [-0.1, -0.05) is 5.21 Å². The minimum Gasteiger partial charge on any atom is -0.394 e. The van der Waals surface area contributed by atoms with Crippen LogP contribution in [0.4, 0.5) is 0 Å². The van der Waals surface area contributed by atoms with Gasteiger partial charge in [0, 0.05) is 0 Å². The predicted molar refractivity (Wildman–Crippen MR) is 58.9 cm³/mol. The average Bonchev–Trinajstić information content (AvgIpc) is 2.91. The van der Waals surface area contributed by atoms with Gasteiger partial charge in [-0.2, -0.15) is 0 Å². The number of carbonyl (C=O) groups is 2. The highest BCUT2D eigenvalue weighted by molar-refractivity contribution is 6.03. The summed E-state index contributed by atoms with van der Waals surface area (Å²) in [4.78, 5) is 22.5. The van der Waals surface area contributed by atoms with Crippen LogP contribution in [0.15, 0.2) is 0 Å². The van der Waals surface area contributed by atoms with E-state index < -0.39 is 30.1 Å². The second kappa shape index (κ2) is 4.91. The molecule has 0 unspecified atom stereocenters. The molecule has 1 aliphatic heterocycles. The van der Waals surface area contributed by atoms with Gasteiger partial charge in [-0.25, -0.2) is 4.68 Å². The summed E-state index contributed by atoms with van der Waals surface area (Å²) in [7, 11) is 0. The summed E-state index contributed by atoms with van der Waals surface area (Å²) in [5, 5.41) is 26.0. The van der Waals surface area contributed by atoms with E-state index in [0.29, 0.717) is 0 Å².